The molecule has 130 valence electrons. The standard InChI is InChI=1S/C16H25N3O3.ClH/c1-11(2)15(19-14(20)10-22-3)16(21)18-9-8-12-4-6-13(17)7-5-12;/h4-7,11,15H,8-10,17H2,1-3H3,(H,18,21)(H,19,20);1H/t15-;/m0./s1. The molecule has 1 atom stereocenters. The molecule has 7 heteroatoms. The van der Waals surface area contributed by atoms with Crippen LogP contribution in [-0.2, 0) is 20.7 Å². The molecule has 0 aliphatic carbocycles. The Bertz CT molecular complexity index is 492. The normalized spacial score (nSPS) is 11.5. The zero-order valence-corrected chi connectivity index (χ0v) is 14.6. The third-order valence-corrected chi connectivity index (χ3v) is 3.23. The molecule has 23 heavy (non-hydrogen) atoms. The van der Waals surface area contributed by atoms with E-state index in [0.29, 0.717) is 18.7 Å². The first kappa shape index (κ1) is 21.2. The van der Waals surface area contributed by atoms with Gasteiger partial charge in [-0.05, 0) is 30.0 Å². The molecule has 1 aromatic rings. The van der Waals surface area contributed by atoms with E-state index in [1.54, 1.807) is 0 Å². The molecule has 0 aromatic heterocycles. The summed E-state index contributed by atoms with van der Waals surface area (Å²) in [6.45, 7) is 4.22. The zero-order valence-electron chi connectivity index (χ0n) is 13.8. The summed E-state index contributed by atoms with van der Waals surface area (Å²) in [4.78, 5) is 23.7. The van der Waals surface area contributed by atoms with Gasteiger partial charge in [-0.2, -0.15) is 0 Å². The highest BCUT2D eigenvalue weighted by atomic mass is 35.5. The lowest BCUT2D eigenvalue weighted by molar-refractivity contribution is -0.131. The molecule has 0 fully saturated rings. The molecule has 1 aromatic carbocycles. The van der Waals surface area contributed by atoms with E-state index in [1.165, 1.54) is 7.11 Å². The van der Waals surface area contributed by atoms with Crippen molar-refractivity contribution in [1.82, 2.24) is 10.6 Å². The maximum Gasteiger partial charge on any atom is 0.246 e. The van der Waals surface area contributed by atoms with Gasteiger partial charge < -0.3 is 21.1 Å². The minimum atomic E-state index is -0.561. The van der Waals surface area contributed by atoms with Gasteiger partial charge in [0.2, 0.25) is 11.8 Å². The number of carbonyl (C=O) groups is 2. The monoisotopic (exact) mass is 343 g/mol. The minimum Gasteiger partial charge on any atom is -0.399 e. The summed E-state index contributed by atoms with van der Waals surface area (Å²) >= 11 is 0. The number of rotatable bonds is 8. The van der Waals surface area contributed by atoms with Crippen LogP contribution in [0.2, 0.25) is 0 Å². The topological polar surface area (TPSA) is 93.4 Å². The predicted octanol–water partition coefficient (Wildman–Crippen LogP) is 1.14. The number of hydrogen-bond donors (Lipinski definition) is 3. The van der Waals surface area contributed by atoms with Gasteiger partial charge >= 0.3 is 0 Å². The van der Waals surface area contributed by atoms with Crippen LogP contribution in [-0.4, -0.2) is 38.1 Å². The van der Waals surface area contributed by atoms with E-state index in [0.717, 1.165) is 5.56 Å². The third kappa shape index (κ3) is 7.85. The molecule has 0 aliphatic rings. The van der Waals surface area contributed by atoms with Gasteiger partial charge in [0.05, 0.1) is 0 Å². The molecular weight excluding hydrogens is 318 g/mol. The number of benzene rings is 1. The number of nitrogen functional groups attached to an aromatic ring is 1. The first-order valence-electron chi connectivity index (χ1n) is 7.34. The second-order valence-corrected chi connectivity index (χ2v) is 5.50. The smallest absolute Gasteiger partial charge is 0.246 e. The minimum absolute atomic E-state index is 0. The average molecular weight is 344 g/mol. The van der Waals surface area contributed by atoms with Crippen molar-refractivity contribution in [2.45, 2.75) is 26.3 Å². The number of hydrogen-bond acceptors (Lipinski definition) is 4. The molecule has 0 saturated carbocycles. The molecule has 2 amide bonds. The number of halogens is 1. The Balaban J connectivity index is 0.00000484. The van der Waals surface area contributed by atoms with Gasteiger partial charge in [-0.25, -0.2) is 0 Å². The fourth-order valence-corrected chi connectivity index (χ4v) is 2.01. The van der Waals surface area contributed by atoms with Crippen molar-refractivity contribution >= 4 is 29.9 Å². The molecule has 0 spiro atoms. The highest BCUT2D eigenvalue weighted by molar-refractivity contribution is 5.88. The van der Waals surface area contributed by atoms with Crippen LogP contribution in [0, 0.1) is 5.92 Å². The molecular formula is C16H26ClN3O3. The quantitative estimate of drug-likeness (QED) is 0.617. The van der Waals surface area contributed by atoms with E-state index in [-0.39, 0.29) is 36.7 Å². The van der Waals surface area contributed by atoms with Crippen LogP contribution in [0.3, 0.4) is 0 Å². The van der Waals surface area contributed by atoms with Gasteiger partial charge in [-0.15, -0.1) is 12.4 Å². The summed E-state index contributed by atoms with van der Waals surface area (Å²) < 4.78 is 4.76. The van der Waals surface area contributed by atoms with Crippen LogP contribution in [0.1, 0.15) is 19.4 Å². The molecule has 0 radical (unpaired) electrons. The van der Waals surface area contributed by atoms with E-state index in [4.69, 9.17) is 10.5 Å². The first-order chi connectivity index (χ1) is 10.4. The van der Waals surface area contributed by atoms with Gasteiger partial charge in [0, 0.05) is 19.3 Å². The SMILES string of the molecule is COCC(=O)N[C@H](C(=O)NCCc1ccc(N)cc1)C(C)C.Cl. The van der Waals surface area contributed by atoms with Crippen LogP contribution in [0.4, 0.5) is 5.69 Å². The number of anilines is 1. The number of nitrogens with two attached hydrogens (primary N) is 1. The third-order valence-electron chi connectivity index (χ3n) is 3.23. The first-order valence-corrected chi connectivity index (χ1v) is 7.34. The van der Waals surface area contributed by atoms with E-state index in [2.05, 4.69) is 10.6 Å². The maximum absolute atomic E-state index is 12.2. The molecule has 0 aliphatic heterocycles. The van der Waals surface area contributed by atoms with Crippen molar-refractivity contribution in [1.29, 1.82) is 0 Å². The Kier molecular flexibility index (Phi) is 10.0. The van der Waals surface area contributed by atoms with Crippen molar-refractivity contribution in [3.63, 3.8) is 0 Å². The van der Waals surface area contributed by atoms with E-state index < -0.39 is 6.04 Å². The summed E-state index contributed by atoms with van der Waals surface area (Å²) in [7, 11) is 1.44. The van der Waals surface area contributed by atoms with Crippen LogP contribution in [0.25, 0.3) is 0 Å². The predicted molar refractivity (Wildman–Crippen MR) is 93.5 cm³/mol. The van der Waals surface area contributed by atoms with Crippen molar-refractivity contribution in [2.24, 2.45) is 5.92 Å². The van der Waals surface area contributed by atoms with Gasteiger partial charge in [-0.3, -0.25) is 9.59 Å². The average Bonchev–Trinajstić information content (AvgIpc) is 2.46. The Morgan fingerprint density at radius 3 is 2.35 bits per heavy atom. The fourth-order valence-electron chi connectivity index (χ4n) is 2.01. The molecule has 0 bridgehead atoms. The van der Waals surface area contributed by atoms with E-state index in [9.17, 15) is 9.59 Å². The maximum atomic E-state index is 12.2. The Labute approximate surface area is 143 Å². The largest absolute Gasteiger partial charge is 0.399 e. The number of nitrogens with one attached hydrogen (secondary N) is 2. The zero-order chi connectivity index (χ0) is 16.5. The fraction of sp³-hybridized carbons (Fsp3) is 0.500. The van der Waals surface area contributed by atoms with Crippen molar-refractivity contribution in [2.75, 3.05) is 26.0 Å². The molecule has 0 heterocycles. The molecule has 0 saturated heterocycles. The van der Waals surface area contributed by atoms with Gasteiger partial charge in [0.25, 0.3) is 0 Å². The van der Waals surface area contributed by atoms with E-state index in [1.807, 2.05) is 38.1 Å². The number of ether oxygens (including phenoxy) is 1. The summed E-state index contributed by atoms with van der Waals surface area (Å²) in [5.74, 6) is -0.484. The lowest BCUT2D eigenvalue weighted by Gasteiger charge is -2.21. The highest BCUT2D eigenvalue weighted by Gasteiger charge is 2.23. The van der Waals surface area contributed by atoms with E-state index >= 15 is 0 Å². The van der Waals surface area contributed by atoms with Crippen LogP contribution in [0.5, 0.6) is 0 Å². The number of amides is 2. The second-order valence-electron chi connectivity index (χ2n) is 5.50. The molecule has 0 unspecified atom stereocenters. The summed E-state index contributed by atoms with van der Waals surface area (Å²) in [6.07, 6.45) is 0.711. The van der Waals surface area contributed by atoms with Gasteiger partial charge in [0.1, 0.15) is 12.6 Å². The molecule has 1 rings (SSSR count). The highest BCUT2D eigenvalue weighted by Crippen LogP contribution is 2.06. The Morgan fingerprint density at radius 1 is 1.22 bits per heavy atom. The van der Waals surface area contributed by atoms with Crippen LogP contribution >= 0.6 is 12.4 Å². The summed E-state index contributed by atoms with van der Waals surface area (Å²) in [6, 6.07) is 6.97. The second kappa shape index (κ2) is 10.9. The lowest BCUT2D eigenvalue weighted by atomic mass is 10.0. The van der Waals surface area contributed by atoms with Crippen LogP contribution < -0.4 is 16.4 Å². The van der Waals surface area contributed by atoms with Crippen molar-refractivity contribution in [3.8, 4) is 0 Å². The Hall–Kier alpha value is -1.79. The molecule has 6 nitrogen and oxygen atoms in total. The number of methoxy groups -OCH3 is 1. The summed E-state index contributed by atoms with van der Waals surface area (Å²) in [5.41, 5.74) is 7.44. The Morgan fingerprint density at radius 2 is 1.83 bits per heavy atom. The van der Waals surface area contributed by atoms with Crippen LogP contribution in [0.15, 0.2) is 24.3 Å². The van der Waals surface area contributed by atoms with Crippen molar-refractivity contribution < 1.29 is 14.3 Å². The lowest BCUT2D eigenvalue weighted by Crippen LogP contribution is -2.50. The summed E-state index contributed by atoms with van der Waals surface area (Å²) in [5, 5.41) is 5.53. The van der Waals surface area contributed by atoms with Crippen molar-refractivity contribution in [3.05, 3.63) is 29.8 Å². The molecule has 4 N–H and O–H groups in total. The number of carbonyl (C=O) groups excluding carboxylic acids is 2. The van der Waals surface area contributed by atoms with Gasteiger partial charge in [-0.1, -0.05) is 26.0 Å². The van der Waals surface area contributed by atoms with Gasteiger partial charge in [0.15, 0.2) is 0 Å².